The Labute approximate surface area is 135 Å². The number of methoxy groups -OCH3 is 1. The van der Waals surface area contributed by atoms with Crippen molar-refractivity contribution in [2.45, 2.75) is 18.3 Å². The van der Waals surface area contributed by atoms with E-state index in [1.54, 1.807) is 0 Å². The summed E-state index contributed by atoms with van der Waals surface area (Å²) >= 11 is 0. The minimum atomic E-state index is -4.34. The van der Waals surface area contributed by atoms with Crippen molar-refractivity contribution < 1.29 is 39.2 Å². The third kappa shape index (κ3) is 4.42. The Bertz CT molecular complexity index is 693. The van der Waals surface area contributed by atoms with Gasteiger partial charge in [-0.15, -0.1) is 0 Å². The number of benzene rings is 1. The number of nitro benzene ring substituents is 1. The topological polar surface area (TPSA) is 193 Å². The number of carboxylic acids is 1. The lowest BCUT2D eigenvalue weighted by Gasteiger charge is -2.20. The molecule has 1 aromatic rings. The lowest BCUT2D eigenvalue weighted by molar-refractivity contribution is -0.386. The van der Waals surface area contributed by atoms with Gasteiger partial charge in [0, 0.05) is 17.8 Å². The zero-order chi connectivity index (χ0) is 18.7. The second-order valence-electron chi connectivity index (χ2n) is 4.93. The zero-order valence-electron chi connectivity index (χ0n) is 12.5. The fourth-order valence-electron chi connectivity index (χ4n) is 1.86. The van der Waals surface area contributed by atoms with E-state index < -0.39 is 47.7 Å². The Morgan fingerprint density at radius 2 is 2.08 bits per heavy atom. The maximum atomic E-state index is 12.2. The van der Waals surface area contributed by atoms with Crippen molar-refractivity contribution in [3.8, 4) is 11.5 Å². The van der Waals surface area contributed by atoms with E-state index in [1.165, 1.54) is 0 Å². The van der Waals surface area contributed by atoms with Gasteiger partial charge in [0.2, 0.25) is 13.1 Å². The van der Waals surface area contributed by atoms with Crippen LogP contribution in [0.1, 0.15) is 17.8 Å². The number of ether oxygens (including phenoxy) is 1. The maximum absolute atomic E-state index is 12.2. The van der Waals surface area contributed by atoms with Crippen LogP contribution in [0, 0.1) is 10.1 Å². The first-order valence-electron chi connectivity index (χ1n) is 6.54. The molecule has 0 aliphatic carbocycles. The molecule has 0 radical (unpaired) electrons. The monoisotopic (exact) mass is 364 g/mol. The van der Waals surface area contributed by atoms with Crippen molar-refractivity contribution in [3.63, 3.8) is 0 Å². The maximum Gasteiger partial charge on any atom is 0.320 e. The number of phenols is 1. The van der Waals surface area contributed by atoms with Gasteiger partial charge in [-0.1, -0.05) is 0 Å². The number of nitro groups is 1. The summed E-state index contributed by atoms with van der Waals surface area (Å²) < 4.78 is 16.9. The lowest BCUT2D eigenvalue weighted by atomic mass is 10.2. The number of nitrogens with zero attached hydrogens (tertiary/aromatic N) is 1. The number of phenolic OH excluding ortho intramolecular Hbond substituents is 1. The average molecular weight is 364 g/mol. The summed E-state index contributed by atoms with van der Waals surface area (Å²) in [6, 6.07) is 0.330. The molecule has 11 nitrogen and oxygen atoms in total. The zero-order valence-corrected chi connectivity index (χ0v) is 13.4. The van der Waals surface area contributed by atoms with Gasteiger partial charge in [-0.05, 0) is 12.5 Å². The highest BCUT2D eigenvalue weighted by molar-refractivity contribution is 7.58. The first kappa shape index (κ1) is 19.8. The van der Waals surface area contributed by atoms with E-state index in [-0.39, 0.29) is 17.7 Å². The minimum absolute atomic E-state index is 0.328. The SMILES string of the molecule is COc1cc([C@@H](O)P(=O)(O)CC[C@H](N)C(=O)O)cc([N+](=O)[O-])c1O. The number of hydrogen-bond acceptors (Lipinski definition) is 8. The van der Waals surface area contributed by atoms with Gasteiger partial charge in [0.15, 0.2) is 11.6 Å². The number of carbonyl (C=O) groups is 1. The first-order valence-corrected chi connectivity index (χ1v) is 8.46. The van der Waals surface area contributed by atoms with Crippen LogP contribution in [0.3, 0.4) is 0 Å². The largest absolute Gasteiger partial charge is 0.500 e. The number of aliphatic hydroxyl groups excluding tert-OH is 1. The molecule has 1 rings (SSSR count). The van der Waals surface area contributed by atoms with Crippen LogP contribution in [0.4, 0.5) is 5.69 Å². The number of carboxylic acid groups (broad SMARTS) is 1. The summed E-state index contributed by atoms with van der Waals surface area (Å²) in [4.78, 5) is 30.5. The number of rotatable bonds is 8. The van der Waals surface area contributed by atoms with Gasteiger partial charge in [0.1, 0.15) is 6.04 Å². The molecule has 0 aliphatic heterocycles. The summed E-state index contributed by atoms with van der Waals surface area (Å²) in [6.07, 6.45) is -0.990. The second kappa shape index (κ2) is 7.58. The standard InChI is InChI=1S/C12H17N2O9P/c1-23-9-5-6(4-8(10(9)15)14(19)20)12(18)24(21,22)3-2-7(13)11(16)17/h4-5,7,12,15,18H,2-3,13H2,1H3,(H,16,17)(H,21,22)/t7-,12-/m0/s1. The smallest absolute Gasteiger partial charge is 0.320 e. The van der Waals surface area contributed by atoms with Gasteiger partial charge in [-0.2, -0.15) is 0 Å². The van der Waals surface area contributed by atoms with Crippen molar-refractivity contribution >= 4 is 19.0 Å². The van der Waals surface area contributed by atoms with Crippen LogP contribution >= 0.6 is 7.37 Å². The summed E-state index contributed by atoms with van der Waals surface area (Å²) in [7, 11) is -3.23. The summed E-state index contributed by atoms with van der Waals surface area (Å²) in [5.41, 5.74) is 4.09. The molecule has 134 valence electrons. The highest BCUT2D eigenvalue weighted by atomic mass is 31.2. The van der Waals surface area contributed by atoms with Gasteiger partial charge in [0.25, 0.3) is 0 Å². The third-order valence-electron chi connectivity index (χ3n) is 3.25. The number of aromatic hydroxyl groups is 1. The van der Waals surface area contributed by atoms with Crippen LogP contribution < -0.4 is 10.5 Å². The second-order valence-corrected chi connectivity index (χ2v) is 7.38. The molecular weight excluding hydrogens is 347 g/mol. The number of aliphatic hydroxyl groups is 1. The van der Waals surface area contributed by atoms with E-state index >= 15 is 0 Å². The van der Waals surface area contributed by atoms with Crippen LogP contribution in [0.15, 0.2) is 12.1 Å². The third-order valence-corrected chi connectivity index (χ3v) is 5.21. The predicted molar refractivity (Wildman–Crippen MR) is 81.2 cm³/mol. The molecule has 0 bridgehead atoms. The quantitative estimate of drug-likeness (QED) is 0.244. The Balaban J connectivity index is 3.15. The minimum Gasteiger partial charge on any atom is -0.500 e. The molecule has 0 fully saturated rings. The van der Waals surface area contributed by atoms with Gasteiger partial charge in [0.05, 0.1) is 12.0 Å². The van der Waals surface area contributed by atoms with Crippen LogP contribution in [0.25, 0.3) is 0 Å². The highest BCUT2D eigenvalue weighted by Gasteiger charge is 2.34. The molecule has 0 heterocycles. The summed E-state index contributed by atoms with van der Waals surface area (Å²) in [5.74, 6) is -4.56. The van der Waals surface area contributed by atoms with Gasteiger partial charge in [-0.3, -0.25) is 19.5 Å². The normalized spacial score (nSPS) is 16.0. The Hall–Kier alpha value is -2.20. The first-order chi connectivity index (χ1) is 11.0. The van der Waals surface area contributed by atoms with E-state index in [1.807, 2.05) is 0 Å². The molecule has 1 unspecified atom stereocenters. The predicted octanol–water partition coefficient (Wildman–Crippen LogP) is 0.372. The fourth-order valence-corrected chi connectivity index (χ4v) is 3.37. The Morgan fingerprint density at radius 1 is 1.50 bits per heavy atom. The molecule has 0 spiro atoms. The molecule has 0 aromatic heterocycles. The van der Waals surface area contributed by atoms with Crippen molar-refractivity contribution in [2.75, 3.05) is 13.3 Å². The molecule has 0 aliphatic rings. The molecule has 6 N–H and O–H groups in total. The number of aliphatic carboxylic acids is 1. The van der Waals surface area contributed by atoms with Crippen molar-refractivity contribution in [3.05, 3.63) is 27.8 Å². The van der Waals surface area contributed by atoms with Gasteiger partial charge >= 0.3 is 11.7 Å². The van der Waals surface area contributed by atoms with Crippen molar-refractivity contribution in [1.82, 2.24) is 0 Å². The van der Waals surface area contributed by atoms with E-state index in [9.17, 15) is 34.6 Å². The summed E-state index contributed by atoms with van der Waals surface area (Å²) in [5, 5.41) is 39.3. The molecule has 0 saturated heterocycles. The molecule has 12 heteroatoms. The summed E-state index contributed by atoms with van der Waals surface area (Å²) in [6.45, 7) is 0. The van der Waals surface area contributed by atoms with E-state index in [2.05, 4.69) is 0 Å². The average Bonchev–Trinajstić information content (AvgIpc) is 2.51. The van der Waals surface area contributed by atoms with Crippen LogP contribution in [-0.2, 0) is 9.36 Å². The van der Waals surface area contributed by atoms with Gasteiger partial charge < -0.3 is 30.7 Å². The van der Waals surface area contributed by atoms with Crippen LogP contribution in [-0.4, -0.2) is 50.4 Å². The molecular formula is C12H17N2O9P. The van der Waals surface area contributed by atoms with Gasteiger partial charge in [-0.25, -0.2) is 0 Å². The molecule has 3 atom stereocenters. The number of nitrogens with two attached hydrogens (primary N) is 1. The number of hydrogen-bond donors (Lipinski definition) is 5. The van der Waals surface area contributed by atoms with E-state index in [0.29, 0.717) is 0 Å². The highest BCUT2D eigenvalue weighted by Crippen LogP contribution is 2.56. The lowest BCUT2D eigenvalue weighted by Crippen LogP contribution is -2.31. The van der Waals surface area contributed by atoms with Crippen molar-refractivity contribution in [1.29, 1.82) is 0 Å². The van der Waals surface area contributed by atoms with E-state index in [0.717, 1.165) is 19.2 Å². The Kier molecular flexibility index (Phi) is 6.27. The molecule has 24 heavy (non-hydrogen) atoms. The van der Waals surface area contributed by atoms with Crippen LogP contribution in [0.2, 0.25) is 0 Å². The molecule has 0 amide bonds. The van der Waals surface area contributed by atoms with Crippen molar-refractivity contribution in [2.24, 2.45) is 5.73 Å². The Morgan fingerprint density at radius 3 is 2.54 bits per heavy atom. The molecule has 0 saturated carbocycles. The molecule has 1 aromatic carbocycles. The van der Waals surface area contributed by atoms with E-state index in [4.69, 9.17) is 15.6 Å². The van der Waals surface area contributed by atoms with Crippen LogP contribution in [0.5, 0.6) is 11.5 Å². The fraction of sp³-hybridized carbons (Fsp3) is 0.417.